The molecule has 0 aliphatic heterocycles. The number of allylic oxidation sites excluding steroid dienone is 1. The first-order valence-corrected chi connectivity index (χ1v) is 9.21. The van der Waals surface area contributed by atoms with E-state index in [4.69, 9.17) is 0 Å². The van der Waals surface area contributed by atoms with Gasteiger partial charge in [-0.15, -0.1) is 6.58 Å². The van der Waals surface area contributed by atoms with Gasteiger partial charge in [0.05, 0.1) is 0 Å². The van der Waals surface area contributed by atoms with Crippen molar-refractivity contribution < 1.29 is 0 Å². The van der Waals surface area contributed by atoms with Gasteiger partial charge in [0.2, 0.25) is 0 Å². The Balaban J connectivity index is 4.44. The smallest absolute Gasteiger partial charge is 0.0351 e. The number of rotatable bonds is 13. The molecule has 0 nitrogen and oxygen atoms in total. The lowest BCUT2D eigenvalue weighted by Gasteiger charge is -2.32. The van der Waals surface area contributed by atoms with Gasteiger partial charge >= 0.3 is 0 Å². The molecule has 0 bridgehead atoms. The molecule has 0 aliphatic carbocycles. The van der Waals surface area contributed by atoms with Crippen molar-refractivity contribution in [3.63, 3.8) is 0 Å². The Morgan fingerprint density at radius 3 is 2.10 bits per heavy atom. The largest absolute Gasteiger partial charge is 0.103 e. The summed E-state index contributed by atoms with van der Waals surface area (Å²) >= 11 is 0. The third-order valence-electron chi connectivity index (χ3n) is 5.16. The van der Waals surface area contributed by atoms with E-state index >= 15 is 0 Å². The van der Waals surface area contributed by atoms with Crippen molar-refractivity contribution in [3.8, 4) is 0 Å². The third kappa shape index (κ3) is 8.12. The molecule has 120 valence electrons. The van der Waals surface area contributed by atoms with Gasteiger partial charge in [0.15, 0.2) is 0 Å². The van der Waals surface area contributed by atoms with Gasteiger partial charge in [0.1, 0.15) is 0 Å². The Morgan fingerprint density at radius 2 is 1.60 bits per heavy atom. The Labute approximate surface area is 129 Å². The Bertz CT molecular complexity index is 218. The minimum Gasteiger partial charge on any atom is -0.103 e. The standard InChI is InChI=1S/C20H40/c1-7-11-14-17(5)20(13-9-3)18(6)16-19(10-4)15-12-8-2/h7,17-20H,1,8-16H2,2-6H3. The molecule has 0 saturated heterocycles. The summed E-state index contributed by atoms with van der Waals surface area (Å²) in [5, 5.41) is 0. The van der Waals surface area contributed by atoms with Gasteiger partial charge < -0.3 is 0 Å². The van der Waals surface area contributed by atoms with E-state index in [0.29, 0.717) is 0 Å². The fourth-order valence-corrected chi connectivity index (χ4v) is 3.74. The van der Waals surface area contributed by atoms with Gasteiger partial charge in [-0.3, -0.25) is 0 Å². The SMILES string of the molecule is C=CCCC(C)C(CCC)C(C)CC(CC)CCCC. The molecule has 0 radical (unpaired) electrons. The fraction of sp³-hybridized carbons (Fsp3) is 0.900. The van der Waals surface area contributed by atoms with Crippen LogP contribution in [0.3, 0.4) is 0 Å². The first kappa shape index (κ1) is 19.7. The maximum absolute atomic E-state index is 3.88. The summed E-state index contributed by atoms with van der Waals surface area (Å²) in [7, 11) is 0. The van der Waals surface area contributed by atoms with Crippen LogP contribution in [0.1, 0.15) is 92.4 Å². The van der Waals surface area contributed by atoms with Crippen LogP contribution in [0.4, 0.5) is 0 Å². The summed E-state index contributed by atoms with van der Waals surface area (Å²) in [6, 6.07) is 0. The first-order chi connectivity index (χ1) is 9.60. The van der Waals surface area contributed by atoms with Crippen molar-refractivity contribution >= 4 is 0 Å². The zero-order chi connectivity index (χ0) is 15.4. The summed E-state index contributed by atoms with van der Waals surface area (Å²) in [6.45, 7) is 15.9. The van der Waals surface area contributed by atoms with E-state index < -0.39 is 0 Å². The molecular formula is C20H40. The predicted molar refractivity (Wildman–Crippen MR) is 94.1 cm³/mol. The third-order valence-corrected chi connectivity index (χ3v) is 5.16. The Hall–Kier alpha value is -0.260. The first-order valence-electron chi connectivity index (χ1n) is 9.21. The average molecular weight is 281 g/mol. The molecule has 0 saturated carbocycles. The topological polar surface area (TPSA) is 0 Å². The van der Waals surface area contributed by atoms with Gasteiger partial charge in [-0.25, -0.2) is 0 Å². The molecule has 0 aromatic heterocycles. The number of unbranched alkanes of at least 4 members (excludes halogenated alkanes) is 1. The van der Waals surface area contributed by atoms with Crippen LogP contribution in [0.15, 0.2) is 12.7 Å². The molecule has 0 heteroatoms. The quantitative estimate of drug-likeness (QED) is 0.312. The van der Waals surface area contributed by atoms with E-state index in [1.54, 1.807) is 0 Å². The molecule has 4 atom stereocenters. The number of hydrogen-bond donors (Lipinski definition) is 0. The average Bonchev–Trinajstić information content (AvgIpc) is 2.46. The molecule has 20 heavy (non-hydrogen) atoms. The van der Waals surface area contributed by atoms with E-state index in [9.17, 15) is 0 Å². The normalized spacial score (nSPS) is 17.4. The lowest BCUT2D eigenvalue weighted by atomic mass is 9.74. The molecule has 0 aromatic rings. The summed E-state index contributed by atoms with van der Waals surface area (Å²) in [6.07, 6.45) is 14.3. The van der Waals surface area contributed by atoms with Crippen molar-refractivity contribution in [2.24, 2.45) is 23.7 Å². The van der Waals surface area contributed by atoms with E-state index in [0.717, 1.165) is 23.7 Å². The van der Waals surface area contributed by atoms with Crippen LogP contribution >= 0.6 is 0 Å². The summed E-state index contributed by atoms with van der Waals surface area (Å²) < 4.78 is 0. The second-order valence-electron chi connectivity index (χ2n) is 6.93. The van der Waals surface area contributed by atoms with E-state index in [-0.39, 0.29) is 0 Å². The van der Waals surface area contributed by atoms with Crippen LogP contribution in [0.5, 0.6) is 0 Å². The molecule has 0 fully saturated rings. The Kier molecular flexibility index (Phi) is 12.3. The maximum Gasteiger partial charge on any atom is -0.0351 e. The summed E-state index contributed by atoms with van der Waals surface area (Å²) in [5.74, 6) is 3.61. The van der Waals surface area contributed by atoms with Gasteiger partial charge in [0.25, 0.3) is 0 Å². The minimum atomic E-state index is 0.853. The van der Waals surface area contributed by atoms with Crippen LogP contribution in [0.25, 0.3) is 0 Å². The summed E-state index contributed by atoms with van der Waals surface area (Å²) in [5.41, 5.74) is 0. The zero-order valence-corrected chi connectivity index (χ0v) is 15.0. The van der Waals surface area contributed by atoms with Gasteiger partial charge in [-0.1, -0.05) is 79.2 Å². The van der Waals surface area contributed by atoms with Crippen LogP contribution < -0.4 is 0 Å². The highest BCUT2D eigenvalue weighted by Gasteiger charge is 2.24. The molecule has 0 spiro atoms. The maximum atomic E-state index is 3.88. The highest BCUT2D eigenvalue weighted by Crippen LogP contribution is 2.34. The monoisotopic (exact) mass is 280 g/mol. The highest BCUT2D eigenvalue weighted by atomic mass is 14.3. The molecule has 0 aliphatic rings. The lowest BCUT2D eigenvalue weighted by Crippen LogP contribution is -2.22. The van der Waals surface area contributed by atoms with Crippen LogP contribution in [-0.4, -0.2) is 0 Å². The van der Waals surface area contributed by atoms with E-state index in [1.165, 1.54) is 57.8 Å². The molecular weight excluding hydrogens is 240 g/mol. The zero-order valence-electron chi connectivity index (χ0n) is 15.0. The molecule has 0 amide bonds. The minimum absolute atomic E-state index is 0.853. The van der Waals surface area contributed by atoms with Crippen molar-refractivity contribution in [1.29, 1.82) is 0 Å². The molecule has 0 aromatic carbocycles. The van der Waals surface area contributed by atoms with Crippen molar-refractivity contribution in [3.05, 3.63) is 12.7 Å². The molecule has 0 heterocycles. The van der Waals surface area contributed by atoms with Gasteiger partial charge in [-0.05, 0) is 42.9 Å². The van der Waals surface area contributed by atoms with Crippen molar-refractivity contribution in [2.75, 3.05) is 0 Å². The van der Waals surface area contributed by atoms with Gasteiger partial charge in [0, 0.05) is 0 Å². The second-order valence-corrected chi connectivity index (χ2v) is 6.93. The molecule has 0 N–H and O–H groups in total. The van der Waals surface area contributed by atoms with Crippen molar-refractivity contribution in [1.82, 2.24) is 0 Å². The number of hydrogen-bond acceptors (Lipinski definition) is 0. The van der Waals surface area contributed by atoms with Crippen LogP contribution in [0.2, 0.25) is 0 Å². The lowest BCUT2D eigenvalue weighted by molar-refractivity contribution is 0.189. The van der Waals surface area contributed by atoms with Crippen LogP contribution in [0, 0.1) is 23.7 Å². The Morgan fingerprint density at radius 1 is 0.900 bits per heavy atom. The highest BCUT2D eigenvalue weighted by molar-refractivity contribution is 4.77. The van der Waals surface area contributed by atoms with Crippen molar-refractivity contribution in [2.45, 2.75) is 92.4 Å². The molecule has 4 unspecified atom stereocenters. The second kappa shape index (κ2) is 12.5. The van der Waals surface area contributed by atoms with E-state index in [2.05, 4.69) is 47.3 Å². The fourth-order valence-electron chi connectivity index (χ4n) is 3.74. The molecule has 0 rings (SSSR count). The van der Waals surface area contributed by atoms with Gasteiger partial charge in [-0.2, -0.15) is 0 Å². The van der Waals surface area contributed by atoms with Crippen LogP contribution in [-0.2, 0) is 0 Å². The van der Waals surface area contributed by atoms with E-state index in [1.807, 2.05) is 0 Å². The predicted octanol–water partition coefficient (Wildman–Crippen LogP) is 7.25. The summed E-state index contributed by atoms with van der Waals surface area (Å²) in [4.78, 5) is 0.